The van der Waals surface area contributed by atoms with Gasteiger partial charge in [-0.2, -0.15) is 0 Å². The van der Waals surface area contributed by atoms with Crippen molar-refractivity contribution in [3.8, 4) is 16.9 Å². The zero-order chi connectivity index (χ0) is 15.6. The predicted octanol–water partition coefficient (Wildman–Crippen LogP) is 4.17. The third kappa shape index (κ3) is 1.75. The highest BCUT2D eigenvalue weighted by Gasteiger charge is 2.31. The lowest BCUT2D eigenvalue weighted by Gasteiger charge is -2.31. The lowest BCUT2D eigenvalue weighted by molar-refractivity contribution is 0.223. The largest absolute Gasteiger partial charge is 0.492 e. The van der Waals surface area contributed by atoms with Gasteiger partial charge < -0.3 is 4.74 Å². The van der Waals surface area contributed by atoms with E-state index < -0.39 is 0 Å². The van der Waals surface area contributed by atoms with Crippen LogP contribution < -0.4 is 4.74 Å². The van der Waals surface area contributed by atoms with E-state index >= 15 is 0 Å². The maximum Gasteiger partial charge on any atom is 0.163 e. The van der Waals surface area contributed by atoms with Crippen LogP contribution in [0.2, 0.25) is 0 Å². The molecule has 3 aromatic rings. The van der Waals surface area contributed by atoms with Gasteiger partial charge in [0.25, 0.3) is 0 Å². The molecule has 1 unspecified atom stereocenters. The molecule has 0 amide bonds. The Bertz CT molecular complexity index is 998. The first-order valence-corrected chi connectivity index (χ1v) is 8.18. The molecule has 0 fully saturated rings. The second kappa shape index (κ2) is 4.29. The molecule has 1 atom stereocenters. The molecule has 1 heterocycles. The van der Waals surface area contributed by atoms with Crippen molar-refractivity contribution in [3.63, 3.8) is 0 Å². The molecule has 1 nitrogen and oxygen atoms in total. The van der Waals surface area contributed by atoms with Crippen LogP contribution in [0.25, 0.3) is 28.0 Å². The van der Waals surface area contributed by atoms with E-state index in [2.05, 4.69) is 75.5 Å². The van der Waals surface area contributed by atoms with E-state index in [0.717, 1.165) is 12.2 Å². The molecule has 0 spiro atoms. The molecule has 0 radical (unpaired) electrons. The zero-order valence-corrected chi connectivity index (χ0v) is 13.4. The molecule has 23 heavy (non-hydrogen) atoms. The van der Waals surface area contributed by atoms with Crippen LogP contribution in [0.4, 0.5) is 0 Å². The van der Waals surface area contributed by atoms with Crippen molar-refractivity contribution in [2.45, 2.75) is 18.8 Å². The number of fused-ring (bicyclic) bond motifs is 8. The zero-order valence-electron chi connectivity index (χ0n) is 13.4. The summed E-state index contributed by atoms with van der Waals surface area (Å²) < 4.78 is 6.41. The molecular formula is C21H17BO. The molecule has 110 valence electrons. The monoisotopic (exact) mass is 296 g/mol. The van der Waals surface area contributed by atoms with Crippen LogP contribution in [0.15, 0.2) is 54.6 Å². The summed E-state index contributed by atoms with van der Waals surface area (Å²) in [6.07, 6.45) is 5.36. The van der Waals surface area contributed by atoms with E-state index in [-0.39, 0.29) is 5.50 Å². The summed E-state index contributed by atoms with van der Waals surface area (Å²) in [4.78, 5) is 0. The van der Waals surface area contributed by atoms with Gasteiger partial charge in [0.2, 0.25) is 0 Å². The van der Waals surface area contributed by atoms with Crippen molar-refractivity contribution < 1.29 is 4.74 Å². The third-order valence-electron chi connectivity index (χ3n) is 4.98. The van der Waals surface area contributed by atoms with E-state index in [9.17, 15) is 0 Å². The minimum Gasteiger partial charge on any atom is -0.492 e. The van der Waals surface area contributed by atoms with Crippen LogP contribution in [0.5, 0.6) is 5.75 Å². The van der Waals surface area contributed by atoms with Crippen LogP contribution >= 0.6 is 0 Å². The fourth-order valence-electron chi connectivity index (χ4n) is 3.95. The van der Waals surface area contributed by atoms with Gasteiger partial charge in [-0.15, -0.1) is 0 Å². The topological polar surface area (TPSA) is 9.23 Å². The summed E-state index contributed by atoms with van der Waals surface area (Å²) in [6, 6.07) is 17.4. The van der Waals surface area contributed by atoms with Crippen molar-refractivity contribution in [3.05, 3.63) is 71.3 Å². The fraction of sp³-hybridized carbons (Fsp3) is 0.143. The summed E-state index contributed by atoms with van der Waals surface area (Å²) in [5, 5.41) is 2.61. The van der Waals surface area contributed by atoms with Crippen LogP contribution in [0, 0.1) is 0 Å². The van der Waals surface area contributed by atoms with Crippen LogP contribution in [0.3, 0.4) is 0 Å². The van der Waals surface area contributed by atoms with Gasteiger partial charge in [0.1, 0.15) is 5.75 Å². The number of hydrogen-bond acceptors (Lipinski definition) is 1. The average molecular weight is 296 g/mol. The molecule has 2 heteroatoms. The smallest absolute Gasteiger partial charge is 0.163 e. The van der Waals surface area contributed by atoms with Crippen molar-refractivity contribution >= 4 is 24.7 Å². The van der Waals surface area contributed by atoms with Gasteiger partial charge in [-0.05, 0) is 40.5 Å². The molecule has 0 N–H and O–H groups in total. The lowest BCUT2D eigenvalue weighted by atomic mass is 9.80. The summed E-state index contributed by atoms with van der Waals surface area (Å²) in [7, 11) is 2.12. The maximum atomic E-state index is 6.41. The minimum absolute atomic E-state index is 0.252. The summed E-state index contributed by atoms with van der Waals surface area (Å²) in [5.41, 5.74) is 6.44. The number of rotatable bonds is 0. The Morgan fingerprint density at radius 3 is 2.61 bits per heavy atom. The molecule has 0 saturated heterocycles. The summed E-state index contributed by atoms with van der Waals surface area (Å²) in [5.74, 6) is 1.07. The molecule has 0 saturated carbocycles. The van der Waals surface area contributed by atoms with E-state index in [4.69, 9.17) is 4.74 Å². The molecule has 0 bridgehead atoms. The first-order chi connectivity index (χ1) is 11.1. The van der Waals surface area contributed by atoms with Crippen molar-refractivity contribution in [1.82, 2.24) is 0 Å². The number of benzene rings is 3. The standard InChI is InChI=1S/C21H17BO/c1-21(22)11-10-17-15-8-4-5-9-16(15)19-14-7-3-2-6-13(14)12-18(19)20(17)23-21/h2-11H,12,22H2,1H3. The number of hydrogen-bond donors (Lipinski definition) is 0. The molecule has 5 rings (SSSR count). The minimum atomic E-state index is -0.252. The molecule has 3 aromatic carbocycles. The summed E-state index contributed by atoms with van der Waals surface area (Å²) >= 11 is 0. The first-order valence-electron chi connectivity index (χ1n) is 8.18. The van der Waals surface area contributed by atoms with Gasteiger partial charge in [0.15, 0.2) is 7.85 Å². The van der Waals surface area contributed by atoms with E-state index in [1.807, 2.05) is 0 Å². The van der Waals surface area contributed by atoms with Crippen molar-refractivity contribution in [2.24, 2.45) is 0 Å². The quantitative estimate of drug-likeness (QED) is 0.443. The molecule has 1 aliphatic carbocycles. The van der Waals surface area contributed by atoms with Gasteiger partial charge in [-0.1, -0.05) is 54.6 Å². The Morgan fingerprint density at radius 2 is 1.74 bits per heavy atom. The van der Waals surface area contributed by atoms with Crippen LogP contribution in [-0.2, 0) is 6.42 Å². The lowest BCUT2D eigenvalue weighted by Crippen LogP contribution is -2.32. The first kappa shape index (κ1) is 13.0. The van der Waals surface area contributed by atoms with E-state index in [1.165, 1.54) is 38.6 Å². The number of ether oxygens (including phenoxy) is 1. The average Bonchev–Trinajstić information content (AvgIpc) is 2.94. The highest BCUT2D eigenvalue weighted by Crippen LogP contribution is 2.50. The molecular weight excluding hydrogens is 279 g/mol. The second-order valence-electron chi connectivity index (χ2n) is 7.01. The Morgan fingerprint density at radius 1 is 1.00 bits per heavy atom. The molecule has 1 aliphatic heterocycles. The van der Waals surface area contributed by atoms with E-state index in [0.29, 0.717) is 0 Å². The van der Waals surface area contributed by atoms with Gasteiger partial charge in [0.05, 0.1) is 5.50 Å². The predicted molar refractivity (Wildman–Crippen MR) is 98.8 cm³/mol. The molecule has 0 aromatic heterocycles. The third-order valence-corrected chi connectivity index (χ3v) is 4.98. The Labute approximate surface area is 137 Å². The van der Waals surface area contributed by atoms with Gasteiger partial charge in [-0.3, -0.25) is 0 Å². The van der Waals surface area contributed by atoms with E-state index in [1.54, 1.807) is 0 Å². The SMILES string of the molecule is BC1(C)C=Cc2c(c3c(c4ccccc24)-c2ccccc2C3)O1. The van der Waals surface area contributed by atoms with Gasteiger partial charge in [0, 0.05) is 17.5 Å². The van der Waals surface area contributed by atoms with Gasteiger partial charge in [-0.25, -0.2) is 0 Å². The summed E-state index contributed by atoms with van der Waals surface area (Å²) in [6.45, 7) is 2.12. The molecule has 2 aliphatic rings. The Balaban J connectivity index is 1.95. The highest BCUT2D eigenvalue weighted by atomic mass is 16.5. The van der Waals surface area contributed by atoms with Crippen LogP contribution in [0.1, 0.15) is 23.6 Å². The Hall–Kier alpha value is -2.48. The van der Waals surface area contributed by atoms with Crippen molar-refractivity contribution in [2.75, 3.05) is 0 Å². The Kier molecular flexibility index (Phi) is 2.43. The normalized spacial score (nSPS) is 20.7. The maximum absolute atomic E-state index is 6.41. The van der Waals surface area contributed by atoms with Gasteiger partial charge >= 0.3 is 0 Å². The van der Waals surface area contributed by atoms with Crippen molar-refractivity contribution in [1.29, 1.82) is 0 Å². The fourth-order valence-corrected chi connectivity index (χ4v) is 3.95. The van der Waals surface area contributed by atoms with Crippen LogP contribution in [-0.4, -0.2) is 13.3 Å². The second-order valence-corrected chi connectivity index (χ2v) is 7.01. The highest BCUT2D eigenvalue weighted by molar-refractivity contribution is 6.17.